The highest BCUT2D eigenvalue weighted by molar-refractivity contribution is 9.10. The number of carbonyl (C=O) groups is 3. The van der Waals surface area contributed by atoms with Crippen LogP contribution in [0.3, 0.4) is 0 Å². The first kappa shape index (κ1) is 18.7. The van der Waals surface area contributed by atoms with Gasteiger partial charge in [0.05, 0.1) is 12.1 Å². The maximum Gasteiger partial charge on any atom is 0.310 e. The maximum absolute atomic E-state index is 11.8. The first-order valence-electron chi connectivity index (χ1n) is 7.50. The smallest absolute Gasteiger partial charge is 0.310 e. The highest BCUT2D eigenvalue weighted by Gasteiger charge is 2.10. The Kier molecular flexibility index (Phi) is 6.71. The molecule has 2 aromatic rings. The lowest BCUT2D eigenvalue weighted by Crippen LogP contribution is -2.21. The molecule has 0 saturated carbocycles. The Morgan fingerprint density at radius 3 is 2.32 bits per heavy atom. The molecule has 0 fully saturated rings. The molecule has 0 radical (unpaired) electrons. The fourth-order valence-electron chi connectivity index (χ4n) is 2.02. The Labute approximate surface area is 153 Å². The molecule has 0 saturated heterocycles. The van der Waals surface area contributed by atoms with Gasteiger partial charge in [0.1, 0.15) is 0 Å². The van der Waals surface area contributed by atoms with Crippen molar-refractivity contribution in [3.8, 4) is 0 Å². The van der Waals surface area contributed by atoms with Crippen LogP contribution in [0.5, 0.6) is 0 Å². The van der Waals surface area contributed by atoms with Crippen LogP contribution in [0.4, 0.5) is 11.4 Å². The molecule has 0 aliphatic rings. The minimum absolute atomic E-state index is 0.0443. The average molecular weight is 405 g/mol. The number of halogens is 1. The quantitative estimate of drug-likeness (QED) is 0.724. The van der Waals surface area contributed by atoms with E-state index < -0.39 is 11.9 Å². The van der Waals surface area contributed by atoms with Crippen LogP contribution in [0, 0.1) is 0 Å². The van der Waals surface area contributed by atoms with Crippen LogP contribution in [0.15, 0.2) is 53.0 Å². The van der Waals surface area contributed by atoms with Crippen molar-refractivity contribution in [3.63, 3.8) is 0 Å². The summed E-state index contributed by atoms with van der Waals surface area (Å²) in [4.78, 5) is 34.6. The van der Waals surface area contributed by atoms with E-state index >= 15 is 0 Å². The van der Waals surface area contributed by atoms with Crippen molar-refractivity contribution < 1.29 is 19.1 Å². The molecule has 2 amide bonds. The number of ether oxygens (including phenoxy) is 1. The number of benzene rings is 2. The van der Waals surface area contributed by atoms with Crippen LogP contribution in [-0.4, -0.2) is 24.4 Å². The monoisotopic (exact) mass is 404 g/mol. The Balaban J connectivity index is 1.79. The van der Waals surface area contributed by atoms with Gasteiger partial charge in [0.2, 0.25) is 5.91 Å². The lowest BCUT2D eigenvalue weighted by molar-refractivity contribution is -0.146. The summed E-state index contributed by atoms with van der Waals surface area (Å²) in [6.45, 7) is 1.06. The number of hydrogen-bond acceptors (Lipinski definition) is 4. The fourth-order valence-corrected chi connectivity index (χ4v) is 2.41. The van der Waals surface area contributed by atoms with Gasteiger partial charge in [-0.05, 0) is 45.8 Å². The minimum Gasteiger partial charge on any atom is -0.455 e. The number of carbonyl (C=O) groups excluding carboxylic acids is 3. The van der Waals surface area contributed by atoms with Crippen molar-refractivity contribution in [2.45, 2.75) is 13.3 Å². The standard InChI is InChI=1S/C18H17BrN2O4/c1-12(22)20-14-8-6-13(7-9-14)10-18(24)25-11-17(23)21-16-5-3-2-4-15(16)19/h2-9H,10-11H2,1H3,(H,20,22)(H,21,23). The van der Waals surface area contributed by atoms with Crippen molar-refractivity contribution in [1.29, 1.82) is 0 Å². The number of nitrogens with one attached hydrogen (secondary N) is 2. The summed E-state index contributed by atoms with van der Waals surface area (Å²) in [5, 5.41) is 5.29. The molecule has 0 spiro atoms. The van der Waals surface area contributed by atoms with E-state index in [1.54, 1.807) is 42.5 Å². The molecule has 0 aromatic heterocycles. The van der Waals surface area contributed by atoms with Gasteiger partial charge in [0.25, 0.3) is 5.91 Å². The predicted molar refractivity (Wildman–Crippen MR) is 98.2 cm³/mol. The van der Waals surface area contributed by atoms with Crippen molar-refractivity contribution in [3.05, 3.63) is 58.6 Å². The molecule has 2 N–H and O–H groups in total. The number of para-hydroxylation sites is 1. The van der Waals surface area contributed by atoms with Gasteiger partial charge >= 0.3 is 5.97 Å². The Hall–Kier alpha value is -2.67. The second-order valence-electron chi connectivity index (χ2n) is 5.24. The number of amides is 2. The van der Waals surface area contributed by atoms with E-state index in [1.807, 2.05) is 6.07 Å². The second kappa shape index (κ2) is 8.98. The molecule has 0 aliphatic carbocycles. The van der Waals surface area contributed by atoms with E-state index in [1.165, 1.54) is 6.92 Å². The molecule has 2 aromatic carbocycles. The highest BCUT2D eigenvalue weighted by atomic mass is 79.9. The van der Waals surface area contributed by atoms with Crippen molar-refractivity contribution >= 4 is 45.1 Å². The molecular weight excluding hydrogens is 388 g/mol. The number of hydrogen-bond donors (Lipinski definition) is 2. The number of esters is 1. The van der Waals surface area contributed by atoms with Gasteiger partial charge in [-0.1, -0.05) is 24.3 Å². The first-order chi connectivity index (χ1) is 11.9. The Morgan fingerprint density at radius 1 is 1.00 bits per heavy atom. The lowest BCUT2D eigenvalue weighted by Gasteiger charge is -2.08. The Morgan fingerprint density at radius 2 is 1.68 bits per heavy atom. The number of rotatable bonds is 6. The summed E-state index contributed by atoms with van der Waals surface area (Å²) >= 11 is 3.32. The van der Waals surface area contributed by atoms with Gasteiger partial charge in [-0.25, -0.2) is 0 Å². The largest absolute Gasteiger partial charge is 0.455 e. The normalized spacial score (nSPS) is 10.0. The zero-order chi connectivity index (χ0) is 18.2. The zero-order valence-electron chi connectivity index (χ0n) is 13.5. The summed E-state index contributed by atoms with van der Waals surface area (Å²) in [7, 11) is 0. The predicted octanol–water partition coefficient (Wildman–Crippen LogP) is 3.13. The van der Waals surface area contributed by atoms with E-state index in [0.717, 1.165) is 10.0 Å². The van der Waals surface area contributed by atoms with Crippen LogP contribution in [-0.2, 0) is 25.5 Å². The van der Waals surface area contributed by atoms with E-state index in [0.29, 0.717) is 11.4 Å². The molecule has 130 valence electrons. The highest BCUT2D eigenvalue weighted by Crippen LogP contribution is 2.20. The van der Waals surface area contributed by atoms with Crippen molar-refractivity contribution in [2.75, 3.05) is 17.2 Å². The third-order valence-corrected chi connectivity index (χ3v) is 3.83. The molecule has 6 nitrogen and oxygen atoms in total. The third-order valence-electron chi connectivity index (χ3n) is 3.13. The zero-order valence-corrected chi connectivity index (χ0v) is 15.1. The fraction of sp³-hybridized carbons (Fsp3) is 0.167. The maximum atomic E-state index is 11.8. The first-order valence-corrected chi connectivity index (χ1v) is 8.30. The molecule has 0 unspecified atom stereocenters. The molecule has 7 heteroatoms. The molecule has 0 bridgehead atoms. The van der Waals surface area contributed by atoms with Gasteiger partial charge < -0.3 is 15.4 Å². The molecule has 25 heavy (non-hydrogen) atoms. The van der Waals surface area contributed by atoms with Crippen LogP contribution in [0.25, 0.3) is 0 Å². The van der Waals surface area contributed by atoms with Crippen LogP contribution >= 0.6 is 15.9 Å². The molecule has 2 rings (SSSR count). The van der Waals surface area contributed by atoms with Crippen LogP contribution in [0.2, 0.25) is 0 Å². The number of anilines is 2. The minimum atomic E-state index is -0.505. The summed E-state index contributed by atoms with van der Waals surface area (Å²) in [5.74, 6) is -1.08. The molecule has 0 aliphatic heterocycles. The summed E-state index contributed by atoms with van der Waals surface area (Å²) in [6.07, 6.45) is 0.0443. The van der Waals surface area contributed by atoms with Crippen molar-refractivity contribution in [1.82, 2.24) is 0 Å². The van der Waals surface area contributed by atoms with Crippen LogP contribution < -0.4 is 10.6 Å². The molecular formula is C18H17BrN2O4. The van der Waals surface area contributed by atoms with E-state index in [9.17, 15) is 14.4 Å². The van der Waals surface area contributed by atoms with Gasteiger partial charge in [-0.2, -0.15) is 0 Å². The summed E-state index contributed by atoms with van der Waals surface area (Å²) < 4.78 is 5.72. The van der Waals surface area contributed by atoms with E-state index in [2.05, 4.69) is 26.6 Å². The average Bonchev–Trinajstić information content (AvgIpc) is 2.56. The van der Waals surface area contributed by atoms with E-state index in [4.69, 9.17) is 4.74 Å². The van der Waals surface area contributed by atoms with Crippen molar-refractivity contribution in [2.24, 2.45) is 0 Å². The molecule has 0 heterocycles. The van der Waals surface area contributed by atoms with Gasteiger partial charge in [0.15, 0.2) is 6.61 Å². The molecule has 0 atom stereocenters. The van der Waals surface area contributed by atoms with Gasteiger partial charge in [-0.3, -0.25) is 14.4 Å². The lowest BCUT2D eigenvalue weighted by atomic mass is 10.1. The van der Waals surface area contributed by atoms with Crippen LogP contribution in [0.1, 0.15) is 12.5 Å². The topological polar surface area (TPSA) is 84.5 Å². The third kappa shape index (κ3) is 6.39. The SMILES string of the molecule is CC(=O)Nc1ccc(CC(=O)OCC(=O)Nc2ccccc2Br)cc1. The summed E-state index contributed by atoms with van der Waals surface area (Å²) in [6, 6.07) is 14.0. The van der Waals surface area contributed by atoms with E-state index in [-0.39, 0.29) is 18.9 Å². The van der Waals surface area contributed by atoms with Gasteiger partial charge in [-0.15, -0.1) is 0 Å². The summed E-state index contributed by atoms with van der Waals surface area (Å²) in [5.41, 5.74) is 1.99. The Bertz CT molecular complexity index is 775. The second-order valence-corrected chi connectivity index (χ2v) is 6.10. The van der Waals surface area contributed by atoms with Gasteiger partial charge in [0, 0.05) is 17.1 Å².